The van der Waals surface area contributed by atoms with Crippen molar-refractivity contribution in [2.75, 3.05) is 50.9 Å². The van der Waals surface area contributed by atoms with Crippen LogP contribution in [0.4, 0.5) is 0 Å². The molecule has 24 heavy (non-hydrogen) atoms. The van der Waals surface area contributed by atoms with Gasteiger partial charge in [-0.25, -0.2) is 0 Å². The highest BCUT2D eigenvalue weighted by Crippen LogP contribution is 2.21. The van der Waals surface area contributed by atoms with Crippen LogP contribution in [0.5, 0.6) is 0 Å². The zero-order valence-electron chi connectivity index (χ0n) is 14.2. The molecular formula is C16H26N4O3S. The lowest BCUT2D eigenvalue weighted by molar-refractivity contribution is -0.144. The first kappa shape index (κ1) is 17.5. The highest BCUT2D eigenvalue weighted by molar-refractivity contribution is 7.99. The Morgan fingerprint density at radius 3 is 1.96 bits per heavy atom. The van der Waals surface area contributed by atoms with Gasteiger partial charge < -0.3 is 14.7 Å². The third kappa shape index (κ3) is 3.85. The van der Waals surface area contributed by atoms with Crippen molar-refractivity contribution in [3.63, 3.8) is 0 Å². The minimum Gasteiger partial charge on any atom is -0.343 e. The predicted octanol–water partition coefficient (Wildman–Crippen LogP) is -0.422. The van der Waals surface area contributed by atoms with Gasteiger partial charge in [0.05, 0.1) is 6.04 Å². The molecule has 0 spiro atoms. The van der Waals surface area contributed by atoms with Crippen molar-refractivity contribution in [3.05, 3.63) is 0 Å². The number of piperazine rings is 1. The largest absolute Gasteiger partial charge is 0.343 e. The summed E-state index contributed by atoms with van der Waals surface area (Å²) in [4.78, 5) is 42.0. The first-order valence-corrected chi connectivity index (χ1v) is 9.86. The van der Waals surface area contributed by atoms with Gasteiger partial charge in [-0.05, 0) is 12.8 Å². The van der Waals surface area contributed by atoms with Crippen LogP contribution in [0.1, 0.15) is 19.8 Å². The van der Waals surface area contributed by atoms with Crippen molar-refractivity contribution in [2.24, 2.45) is 5.92 Å². The van der Waals surface area contributed by atoms with Crippen molar-refractivity contribution < 1.29 is 14.4 Å². The van der Waals surface area contributed by atoms with Gasteiger partial charge in [-0.2, -0.15) is 0 Å². The molecule has 0 aromatic carbocycles. The number of rotatable bonds is 2. The SMILES string of the molecule is CC(=O)N1CCC(C(=O)N2CCN(C(=O)C3CSCN3)CC2)CC1. The van der Waals surface area contributed by atoms with Crippen LogP contribution in [-0.2, 0) is 14.4 Å². The fourth-order valence-electron chi connectivity index (χ4n) is 3.62. The van der Waals surface area contributed by atoms with Crippen molar-refractivity contribution in [1.82, 2.24) is 20.0 Å². The summed E-state index contributed by atoms with van der Waals surface area (Å²) < 4.78 is 0. The summed E-state index contributed by atoms with van der Waals surface area (Å²) in [6, 6.07) is -0.0619. The first-order chi connectivity index (χ1) is 11.6. The maximum Gasteiger partial charge on any atom is 0.240 e. The summed E-state index contributed by atoms with van der Waals surface area (Å²) in [5.74, 6) is 2.16. The summed E-state index contributed by atoms with van der Waals surface area (Å²) in [7, 11) is 0. The van der Waals surface area contributed by atoms with Crippen LogP contribution in [0.25, 0.3) is 0 Å². The first-order valence-electron chi connectivity index (χ1n) is 8.70. The quantitative estimate of drug-likeness (QED) is 0.729. The molecule has 0 aliphatic carbocycles. The van der Waals surface area contributed by atoms with E-state index in [2.05, 4.69) is 5.32 Å². The number of piperidine rings is 1. The number of amides is 3. The van der Waals surface area contributed by atoms with E-state index in [0.717, 1.165) is 24.5 Å². The number of nitrogens with zero attached hydrogens (tertiary/aromatic N) is 3. The van der Waals surface area contributed by atoms with Crippen molar-refractivity contribution in [3.8, 4) is 0 Å². The summed E-state index contributed by atoms with van der Waals surface area (Å²) in [6.45, 7) is 5.43. The summed E-state index contributed by atoms with van der Waals surface area (Å²) in [5.41, 5.74) is 0. The van der Waals surface area contributed by atoms with E-state index >= 15 is 0 Å². The van der Waals surface area contributed by atoms with Crippen LogP contribution >= 0.6 is 11.8 Å². The van der Waals surface area contributed by atoms with E-state index in [-0.39, 0.29) is 29.7 Å². The average molecular weight is 354 g/mol. The Bertz CT molecular complexity index is 494. The number of likely N-dealkylation sites (tertiary alicyclic amines) is 1. The Labute approximate surface area is 147 Å². The monoisotopic (exact) mass is 354 g/mol. The molecule has 0 radical (unpaired) electrons. The third-order valence-corrected chi connectivity index (χ3v) is 6.15. The Morgan fingerprint density at radius 2 is 1.46 bits per heavy atom. The fourth-order valence-corrected chi connectivity index (χ4v) is 4.55. The van der Waals surface area contributed by atoms with Crippen LogP contribution in [0.2, 0.25) is 0 Å². The fraction of sp³-hybridized carbons (Fsp3) is 0.812. The molecule has 0 aromatic heterocycles. The second-order valence-electron chi connectivity index (χ2n) is 6.70. The highest BCUT2D eigenvalue weighted by Gasteiger charge is 2.33. The van der Waals surface area contributed by atoms with Gasteiger partial charge in [0.25, 0.3) is 0 Å². The normalized spacial score (nSPS) is 25.9. The maximum atomic E-state index is 12.7. The molecule has 8 heteroatoms. The number of thioether (sulfide) groups is 1. The molecule has 3 heterocycles. The second-order valence-corrected chi connectivity index (χ2v) is 7.73. The Balaban J connectivity index is 1.45. The molecule has 7 nitrogen and oxygen atoms in total. The molecule has 3 saturated heterocycles. The zero-order chi connectivity index (χ0) is 17.1. The van der Waals surface area contributed by atoms with Crippen LogP contribution in [-0.4, -0.2) is 89.4 Å². The molecule has 1 N–H and O–H groups in total. The number of hydrogen-bond acceptors (Lipinski definition) is 5. The van der Waals surface area contributed by atoms with Gasteiger partial charge in [0.1, 0.15) is 0 Å². The maximum absolute atomic E-state index is 12.7. The van der Waals surface area contributed by atoms with Crippen LogP contribution in [0.15, 0.2) is 0 Å². The molecule has 3 amide bonds. The number of nitrogens with one attached hydrogen (secondary N) is 1. The van der Waals surface area contributed by atoms with Crippen molar-refractivity contribution in [2.45, 2.75) is 25.8 Å². The molecule has 3 aliphatic rings. The Hall–Kier alpha value is -1.28. The minimum atomic E-state index is -0.0619. The van der Waals surface area contributed by atoms with Gasteiger partial charge >= 0.3 is 0 Å². The molecule has 134 valence electrons. The summed E-state index contributed by atoms with van der Waals surface area (Å²) >= 11 is 1.75. The van der Waals surface area contributed by atoms with E-state index in [9.17, 15) is 14.4 Å². The van der Waals surface area contributed by atoms with E-state index < -0.39 is 0 Å². The van der Waals surface area contributed by atoms with E-state index in [1.807, 2.05) is 14.7 Å². The van der Waals surface area contributed by atoms with Gasteiger partial charge in [0.2, 0.25) is 17.7 Å². The van der Waals surface area contributed by atoms with E-state index in [0.29, 0.717) is 39.3 Å². The molecule has 1 atom stereocenters. The Morgan fingerprint density at radius 1 is 0.875 bits per heavy atom. The predicted molar refractivity (Wildman–Crippen MR) is 92.4 cm³/mol. The molecule has 0 bridgehead atoms. The standard InChI is InChI=1S/C16H26N4O3S/c1-12(21)18-4-2-13(3-5-18)15(22)19-6-8-20(9-7-19)16(23)14-10-24-11-17-14/h13-14,17H,2-11H2,1H3. The van der Waals surface area contributed by atoms with Gasteiger partial charge in [0.15, 0.2) is 0 Å². The summed E-state index contributed by atoms with van der Waals surface area (Å²) in [5, 5.41) is 3.21. The van der Waals surface area contributed by atoms with Crippen molar-refractivity contribution in [1.29, 1.82) is 0 Å². The average Bonchev–Trinajstić information content (AvgIpc) is 3.15. The zero-order valence-corrected chi connectivity index (χ0v) is 15.0. The summed E-state index contributed by atoms with van der Waals surface area (Å²) in [6.07, 6.45) is 1.50. The molecule has 3 fully saturated rings. The topological polar surface area (TPSA) is 73.0 Å². The molecule has 3 rings (SSSR count). The Kier molecular flexibility index (Phi) is 5.65. The number of carbonyl (C=O) groups excluding carboxylic acids is 3. The van der Waals surface area contributed by atoms with Gasteiger partial charge in [-0.1, -0.05) is 0 Å². The van der Waals surface area contributed by atoms with Gasteiger partial charge in [0, 0.05) is 63.7 Å². The number of hydrogen-bond donors (Lipinski definition) is 1. The third-order valence-electron chi connectivity index (χ3n) is 5.21. The van der Waals surface area contributed by atoms with E-state index in [4.69, 9.17) is 0 Å². The van der Waals surface area contributed by atoms with Gasteiger partial charge in [-0.3, -0.25) is 19.7 Å². The molecule has 1 unspecified atom stereocenters. The molecular weight excluding hydrogens is 328 g/mol. The second kappa shape index (κ2) is 7.74. The lowest BCUT2D eigenvalue weighted by Gasteiger charge is -2.39. The van der Waals surface area contributed by atoms with Crippen LogP contribution in [0.3, 0.4) is 0 Å². The smallest absolute Gasteiger partial charge is 0.240 e. The highest BCUT2D eigenvalue weighted by atomic mass is 32.2. The lowest BCUT2D eigenvalue weighted by atomic mass is 9.95. The van der Waals surface area contributed by atoms with E-state index in [1.165, 1.54) is 0 Å². The minimum absolute atomic E-state index is 0.0238. The van der Waals surface area contributed by atoms with Crippen LogP contribution in [0, 0.1) is 5.92 Å². The lowest BCUT2D eigenvalue weighted by Crippen LogP contribution is -2.56. The van der Waals surface area contributed by atoms with E-state index in [1.54, 1.807) is 18.7 Å². The van der Waals surface area contributed by atoms with Crippen LogP contribution < -0.4 is 5.32 Å². The number of carbonyl (C=O) groups is 3. The molecule has 0 aromatic rings. The van der Waals surface area contributed by atoms with Gasteiger partial charge in [-0.15, -0.1) is 11.8 Å². The van der Waals surface area contributed by atoms with Crippen molar-refractivity contribution >= 4 is 29.5 Å². The molecule has 3 aliphatic heterocycles. The molecule has 0 saturated carbocycles.